The van der Waals surface area contributed by atoms with Crippen molar-refractivity contribution < 1.29 is 18.0 Å². The number of anilines is 1. The van der Waals surface area contributed by atoms with Gasteiger partial charge in [0.15, 0.2) is 0 Å². The topological polar surface area (TPSA) is 44.7 Å². The van der Waals surface area contributed by atoms with Gasteiger partial charge in [0.05, 0.1) is 17.8 Å². The number of allylic oxidation sites excluding steroid dienone is 1. The predicted molar refractivity (Wildman–Crippen MR) is 113 cm³/mol. The summed E-state index contributed by atoms with van der Waals surface area (Å²) in [6.07, 6.45) is -4.05. The number of alkyl halides is 3. The van der Waals surface area contributed by atoms with E-state index < -0.39 is 23.2 Å². The molecule has 0 radical (unpaired) electrons. The van der Waals surface area contributed by atoms with Gasteiger partial charge < -0.3 is 5.32 Å². The fraction of sp³-hybridized carbons (Fsp3) is 0.238. The quantitative estimate of drug-likeness (QED) is 0.543. The molecule has 4 nitrogen and oxygen atoms in total. The first kappa shape index (κ1) is 22.2. The van der Waals surface area contributed by atoms with Gasteiger partial charge in [-0.1, -0.05) is 48.8 Å². The van der Waals surface area contributed by atoms with Gasteiger partial charge in [0, 0.05) is 21.2 Å². The Morgan fingerprint density at radius 2 is 1.80 bits per heavy atom. The summed E-state index contributed by atoms with van der Waals surface area (Å²) in [4.78, 5) is 12.7. The van der Waals surface area contributed by atoms with Crippen molar-refractivity contribution >= 4 is 40.6 Å². The molecule has 2 aromatic rings. The number of nitrogens with zero attached hydrogens (tertiary/aromatic N) is 2. The highest BCUT2D eigenvalue weighted by molar-refractivity contribution is 6.31. The minimum absolute atomic E-state index is 0.225. The molecule has 158 valence electrons. The van der Waals surface area contributed by atoms with Gasteiger partial charge in [0.2, 0.25) is 0 Å². The number of urea groups is 1. The van der Waals surface area contributed by atoms with Crippen LogP contribution in [0, 0.1) is 5.41 Å². The van der Waals surface area contributed by atoms with Crippen LogP contribution in [0.5, 0.6) is 0 Å². The van der Waals surface area contributed by atoms with Gasteiger partial charge in [0.25, 0.3) is 0 Å². The predicted octanol–water partition coefficient (Wildman–Crippen LogP) is 6.76. The Labute approximate surface area is 182 Å². The van der Waals surface area contributed by atoms with Crippen LogP contribution in [0.2, 0.25) is 5.02 Å². The monoisotopic (exact) mass is 455 g/mol. The molecule has 1 atom stereocenters. The third kappa shape index (κ3) is 4.96. The van der Waals surface area contributed by atoms with Crippen LogP contribution >= 0.6 is 23.2 Å². The van der Waals surface area contributed by atoms with Crippen molar-refractivity contribution in [3.63, 3.8) is 0 Å². The second-order valence-corrected chi connectivity index (χ2v) is 8.24. The first-order valence-electron chi connectivity index (χ1n) is 8.92. The van der Waals surface area contributed by atoms with Crippen molar-refractivity contribution in [2.24, 2.45) is 10.5 Å². The molecule has 9 heteroatoms. The van der Waals surface area contributed by atoms with E-state index in [0.717, 1.165) is 17.7 Å². The molecular weight excluding hydrogens is 438 g/mol. The standard InChI is InChI=1S/C21H18Cl2F3N3O/c1-13(22)11-20(2)12-29(28-18(20)14-3-7-16(23)8-4-14)19(30)27-17-9-5-15(6-10-17)21(24,25)26/h3-10H,1,11-12H2,2H3,(H,27,30). The average molecular weight is 456 g/mol. The summed E-state index contributed by atoms with van der Waals surface area (Å²) in [5.41, 5.74) is 0.266. The summed E-state index contributed by atoms with van der Waals surface area (Å²) in [6.45, 7) is 5.89. The summed E-state index contributed by atoms with van der Waals surface area (Å²) in [6, 6.07) is 10.7. The SMILES string of the molecule is C=C(Cl)CC1(C)CN(C(=O)Nc2ccc(C(F)(F)F)cc2)N=C1c1ccc(Cl)cc1. The third-order valence-electron chi connectivity index (χ3n) is 4.69. The van der Waals surface area contributed by atoms with Crippen molar-refractivity contribution in [2.75, 3.05) is 11.9 Å². The maximum atomic E-state index is 12.7. The van der Waals surface area contributed by atoms with E-state index in [2.05, 4.69) is 17.0 Å². The summed E-state index contributed by atoms with van der Waals surface area (Å²) < 4.78 is 38.1. The third-order valence-corrected chi connectivity index (χ3v) is 5.07. The molecule has 1 heterocycles. The number of rotatable bonds is 4. The van der Waals surface area contributed by atoms with Crippen LogP contribution in [-0.2, 0) is 6.18 Å². The van der Waals surface area contributed by atoms with Gasteiger partial charge in [0.1, 0.15) is 0 Å². The lowest BCUT2D eigenvalue weighted by Gasteiger charge is -2.26. The number of hydrogen-bond donors (Lipinski definition) is 1. The van der Waals surface area contributed by atoms with E-state index in [4.69, 9.17) is 23.2 Å². The van der Waals surface area contributed by atoms with E-state index in [0.29, 0.717) is 22.2 Å². The molecule has 1 unspecified atom stereocenters. The summed E-state index contributed by atoms with van der Waals surface area (Å²) in [7, 11) is 0. The molecule has 30 heavy (non-hydrogen) atoms. The summed E-state index contributed by atoms with van der Waals surface area (Å²) in [5, 5.41) is 9.26. The number of hydrogen-bond acceptors (Lipinski definition) is 2. The normalized spacial score (nSPS) is 18.9. The van der Waals surface area contributed by atoms with E-state index in [9.17, 15) is 18.0 Å². The number of amides is 2. The van der Waals surface area contributed by atoms with Crippen molar-refractivity contribution in [2.45, 2.75) is 19.5 Å². The van der Waals surface area contributed by atoms with Crippen LogP contribution in [0.25, 0.3) is 0 Å². The highest BCUT2D eigenvalue weighted by Crippen LogP contribution is 2.38. The highest BCUT2D eigenvalue weighted by Gasteiger charge is 2.41. The molecule has 2 amide bonds. The van der Waals surface area contributed by atoms with Gasteiger partial charge in [-0.25, -0.2) is 9.80 Å². The Balaban J connectivity index is 1.83. The number of nitrogens with one attached hydrogen (secondary N) is 1. The molecule has 0 spiro atoms. The lowest BCUT2D eigenvalue weighted by molar-refractivity contribution is -0.137. The van der Waals surface area contributed by atoms with Crippen molar-refractivity contribution in [1.82, 2.24) is 5.01 Å². The van der Waals surface area contributed by atoms with Crippen molar-refractivity contribution in [3.05, 3.63) is 76.3 Å². The zero-order valence-corrected chi connectivity index (χ0v) is 17.4. The second kappa shape index (κ2) is 8.32. The molecule has 0 saturated carbocycles. The highest BCUT2D eigenvalue weighted by atomic mass is 35.5. The number of carbonyl (C=O) groups excluding carboxylic acids is 1. The van der Waals surface area contributed by atoms with Crippen LogP contribution in [0.4, 0.5) is 23.7 Å². The minimum Gasteiger partial charge on any atom is -0.306 e. The molecule has 2 aromatic carbocycles. The van der Waals surface area contributed by atoms with E-state index in [1.807, 2.05) is 6.92 Å². The van der Waals surface area contributed by atoms with Crippen LogP contribution in [0.15, 0.2) is 65.2 Å². The molecule has 0 fully saturated rings. The van der Waals surface area contributed by atoms with Gasteiger partial charge >= 0.3 is 12.2 Å². The Kier molecular flexibility index (Phi) is 6.15. The molecule has 0 saturated heterocycles. The fourth-order valence-corrected chi connectivity index (χ4v) is 3.73. The Morgan fingerprint density at radius 1 is 1.20 bits per heavy atom. The number of carbonyl (C=O) groups is 1. The molecule has 0 aliphatic carbocycles. The van der Waals surface area contributed by atoms with Crippen LogP contribution in [0.3, 0.4) is 0 Å². The zero-order valence-electron chi connectivity index (χ0n) is 15.9. The van der Waals surface area contributed by atoms with Crippen LogP contribution in [-0.4, -0.2) is 23.3 Å². The summed E-state index contributed by atoms with van der Waals surface area (Å²) >= 11 is 12.0. The lowest BCUT2D eigenvalue weighted by atomic mass is 9.79. The molecule has 1 N–H and O–H groups in total. The molecule has 3 rings (SSSR count). The van der Waals surface area contributed by atoms with E-state index in [1.54, 1.807) is 24.3 Å². The van der Waals surface area contributed by atoms with Gasteiger partial charge in [-0.3, -0.25) is 0 Å². The van der Waals surface area contributed by atoms with Gasteiger partial charge in [-0.05, 0) is 48.4 Å². The Bertz CT molecular complexity index is 988. The molecule has 0 aromatic heterocycles. The van der Waals surface area contributed by atoms with Crippen LogP contribution in [0.1, 0.15) is 24.5 Å². The second-order valence-electron chi connectivity index (χ2n) is 7.27. The number of hydrazone groups is 1. The minimum atomic E-state index is -4.44. The Morgan fingerprint density at radius 3 is 2.33 bits per heavy atom. The molecule has 0 bridgehead atoms. The maximum Gasteiger partial charge on any atom is 0.416 e. The maximum absolute atomic E-state index is 12.7. The van der Waals surface area contributed by atoms with E-state index >= 15 is 0 Å². The van der Waals surface area contributed by atoms with Gasteiger partial charge in [-0.15, -0.1) is 0 Å². The summed E-state index contributed by atoms with van der Waals surface area (Å²) in [5.74, 6) is 0. The fourth-order valence-electron chi connectivity index (χ4n) is 3.31. The first-order valence-corrected chi connectivity index (χ1v) is 9.68. The van der Waals surface area contributed by atoms with Crippen LogP contribution < -0.4 is 5.32 Å². The Hall–Kier alpha value is -2.51. The first-order chi connectivity index (χ1) is 14.0. The van der Waals surface area contributed by atoms with Gasteiger partial charge in [-0.2, -0.15) is 18.3 Å². The molecule has 1 aliphatic rings. The average Bonchev–Trinajstić information content (AvgIpc) is 2.98. The smallest absolute Gasteiger partial charge is 0.306 e. The number of halogens is 5. The number of benzene rings is 2. The zero-order chi connectivity index (χ0) is 22.1. The van der Waals surface area contributed by atoms with E-state index in [-0.39, 0.29) is 12.2 Å². The largest absolute Gasteiger partial charge is 0.416 e. The van der Waals surface area contributed by atoms with E-state index in [1.165, 1.54) is 17.1 Å². The molecular formula is C21H18Cl2F3N3O. The lowest BCUT2D eigenvalue weighted by Crippen LogP contribution is -2.35. The molecule has 1 aliphatic heterocycles. The van der Waals surface area contributed by atoms with Crippen molar-refractivity contribution in [1.29, 1.82) is 0 Å². The van der Waals surface area contributed by atoms with Crippen molar-refractivity contribution in [3.8, 4) is 0 Å².